The van der Waals surface area contributed by atoms with Gasteiger partial charge in [-0.3, -0.25) is 9.59 Å². The standard InChI is InChI=1S/C22H23N3O3/c1-2-3-18-13-28-11-10-25(18)22(27)16-6-4-15(5-7-16)17-8-9-20-19(12-17)21(26)24-14-23-20/h4-9,12,14,18H,2-3,10-11,13H2,1H3,(H,23,24,26)/t18-/m0/s1. The Kier molecular flexibility index (Phi) is 5.21. The summed E-state index contributed by atoms with van der Waals surface area (Å²) in [6.45, 7) is 3.95. The van der Waals surface area contributed by atoms with E-state index in [9.17, 15) is 9.59 Å². The number of amides is 1. The van der Waals surface area contributed by atoms with E-state index in [1.807, 2.05) is 47.4 Å². The summed E-state index contributed by atoms with van der Waals surface area (Å²) in [5, 5.41) is 0.552. The highest BCUT2D eigenvalue weighted by atomic mass is 16.5. The van der Waals surface area contributed by atoms with Gasteiger partial charge >= 0.3 is 0 Å². The molecule has 1 saturated heterocycles. The van der Waals surface area contributed by atoms with Crippen LogP contribution in [0.1, 0.15) is 30.1 Å². The van der Waals surface area contributed by atoms with Crippen LogP contribution in [0.2, 0.25) is 0 Å². The zero-order valence-electron chi connectivity index (χ0n) is 15.9. The summed E-state index contributed by atoms with van der Waals surface area (Å²) >= 11 is 0. The second-order valence-corrected chi connectivity index (χ2v) is 7.06. The minimum atomic E-state index is -0.159. The minimum absolute atomic E-state index is 0.0486. The number of hydrogen-bond donors (Lipinski definition) is 1. The first-order valence-electron chi connectivity index (χ1n) is 9.64. The van der Waals surface area contributed by atoms with Crippen molar-refractivity contribution < 1.29 is 9.53 Å². The van der Waals surface area contributed by atoms with E-state index in [0.29, 0.717) is 36.2 Å². The van der Waals surface area contributed by atoms with Gasteiger partial charge in [0, 0.05) is 12.1 Å². The second-order valence-electron chi connectivity index (χ2n) is 7.06. The molecule has 1 aliphatic rings. The molecule has 3 aromatic rings. The maximum Gasteiger partial charge on any atom is 0.258 e. The SMILES string of the molecule is CCC[C@H]1COCCN1C(=O)c1ccc(-c2ccc3nc[nH]c(=O)c3c2)cc1. The van der Waals surface area contributed by atoms with Crippen molar-refractivity contribution >= 4 is 16.8 Å². The van der Waals surface area contributed by atoms with E-state index in [-0.39, 0.29) is 17.5 Å². The van der Waals surface area contributed by atoms with Gasteiger partial charge in [-0.15, -0.1) is 0 Å². The maximum atomic E-state index is 13.0. The van der Waals surface area contributed by atoms with Crippen LogP contribution >= 0.6 is 0 Å². The third kappa shape index (κ3) is 3.55. The molecule has 6 heteroatoms. The molecule has 28 heavy (non-hydrogen) atoms. The van der Waals surface area contributed by atoms with Crippen LogP contribution in [-0.4, -0.2) is 46.6 Å². The molecule has 0 spiro atoms. The summed E-state index contributed by atoms with van der Waals surface area (Å²) < 4.78 is 5.55. The van der Waals surface area contributed by atoms with E-state index in [0.717, 1.165) is 24.0 Å². The highest BCUT2D eigenvalue weighted by Crippen LogP contribution is 2.24. The average Bonchev–Trinajstić information content (AvgIpc) is 2.74. The van der Waals surface area contributed by atoms with Gasteiger partial charge in [-0.05, 0) is 41.8 Å². The summed E-state index contributed by atoms with van der Waals surface area (Å²) in [7, 11) is 0. The van der Waals surface area contributed by atoms with E-state index in [1.165, 1.54) is 6.33 Å². The van der Waals surface area contributed by atoms with Gasteiger partial charge < -0.3 is 14.6 Å². The number of nitrogens with one attached hydrogen (secondary N) is 1. The van der Waals surface area contributed by atoms with E-state index in [4.69, 9.17) is 4.74 Å². The topological polar surface area (TPSA) is 75.3 Å². The average molecular weight is 377 g/mol. The number of fused-ring (bicyclic) bond motifs is 1. The van der Waals surface area contributed by atoms with Gasteiger partial charge in [0.25, 0.3) is 11.5 Å². The van der Waals surface area contributed by atoms with Gasteiger partial charge in [0.1, 0.15) is 0 Å². The van der Waals surface area contributed by atoms with Crippen LogP contribution in [0.5, 0.6) is 0 Å². The summed E-state index contributed by atoms with van der Waals surface area (Å²) in [6.07, 6.45) is 3.37. The molecule has 0 aliphatic carbocycles. The fraction of sp³-hybridized carbons (Fsp3) is 0.318. The van der Waals surface area contributed by atoms with Crippen LogP contribution in [0.25, 0.3) is 22.0 Å². The Bertz CT molecular complexity index is 1040. The zero-order valence-corrected chi connectivity index (χ0v) is 15.9. The molecule has 1 aromatic heterocycles. The molecule has 0 bridgehead atoms. The first-order valence-corrected chi connectivity index (χ1v) is 9.64. The van der Waals surface area contributed by atoms with E-state index < -0.39 is 0 Å². The Hall–Kier alpha value is -2.99. The van der Waals surface area contributed by atoms with Crippen molar-refractivity contribution in [1.29, 1.82) is 0 Å². The molecular weight excluding hydrogens is 354 g/mol. The van der Waals surface area contributed by atoms with Crippen LogP contribution in [0, 0.1) is 0 Å². The van der Waals surface area contributed by atoms with Crippen LogP contribution in [0.3, 0.4) is 0 Å². The largest absolute Gasteiger partial charge is 0.377 e. The number of nitrogens with zero attached hydrogens (tertiary/aromatic N) is 2. The second kappa shape index (κ2) is 7.94. The van der Waals surface area contributed by atoms with Crippen LogP contribution in [-0.2, 0) is 4.74 Å². The molecule has 144 valence electrons. The lowest BCUT2D eigenvalue weighted by Crippen LogP contribution is -2.48. The Balaban J connectivity index is 1.59. The quantitative estimate of drug-likeness (QED) is 0.757. The predicted octanol–water partition coefficient (Wildman–Crippen LogP) is 3.23. The number of aromatic amines is 1. The van der Waals surface area contributed by atoms with Gasteiger partial charge in [0.05, 0.1) is 36.5 Å². The van der Waals surface area contributed by atoms with Gasteiger partial charge in [0.2, 0.25) is 0 Å². The lowest BCUT2D eigenvalue weighted by molar-refractivity contribution is -0.00433. The van der Waals surface area contributed by atoms with E-state index in [1.54, 1.807) is 0 Å². The number of ether oxygens (including phenoxy) is 1. The molecule has 4 rings (SSSR count). The summed E-state index contributed by atoms with van der Waals surface area (Å²) in [6, 6.07) is 13.3. The Morgan fingerprint density at radius 1 is 1.21 bits per heavy atom. The Labute approximate surface area is 163 Å². The smallest absolute Gasteiger partial charge is 0.258 e. The van der Waals surface area contributed by atoms with E-state index in [2.05, 4.69) is 16.9 Å². The molecule has 1 fully saturated rings. The van der Waals surface area contributed by atoms with Crippen molar-refractivity contribution in [2.75, 3.05) is 19.8 Å². The van der Waals surface area contributed by atoms with E-state index >= 15 is 0 Å². The van der Waals surface area contributed by atoms with Crippen molar-refractivity contribution in [2.24, 2.45) is 0 Å². The molecule has 6 nitrogen and oxygen atoms in total. The number of carbonyl (C=O) groups is 1. The first kappa shape index (κ1) is 18.4. The van der Waals surface area contributed by atoms with Crippen molar-refractivity contribution in [3.05, 3.63) is 64.7 Å². The van der Waals surface area contributed by atoms with Crippen LogP contribution < -0.4 is 5.56 Å². The number of aromatic nitrogens is 2. The van der Waals surface area contributed by atoms with Crippen molar-refractivity contribution in [3.8, 4) is 11.1 Å². The number of benzene rings is 2. The van der Waals surface area contributed by atoms with Gasteiger partial charge in [0.15, 0.2) is 0 Å². The van der Waals surface area contributed by atoms with Crippen molar-refractivity contribution in [2.45, 2.75) is 25.8 Å². The molecule has 2 heterocycles. The highest BCUT2D eigenvalue weighted by molar-refractivity contribution is 5.95. The molecule has 0 unspecified atom stereocenters. The summed E-state index contributed by atoms with van der Waals surface area (Å²) in [5.41, 5.74) is 3.04. The number of morpholine rings is 1. The number of carbonyl (C=O) groups excluding carboxylic acids is 1. The molecule has 2 aromatic carbocycles. The predicted molar refractivity (Wildman–Crippen MR) is 108 cm³/mol. The fourth-order valence-corrected chi connectivity index (χ4v) is 3.71. The van der Waals surface area contributed by atoms with Gasteiger partial charge in [-0.2, -0.15) is 0 Å². The lowest BCUT2D eigenvalue weighted by Gasteiger charge is -2.35. The first-order chi connectivity index (χ1) is 13.7. The van der Waals surface area contributed by atoms with Crippen LogP contribution in [0.15, 0.2) is 53.6 Å². The van der Waals surface area contributed by atoms with Crippen molar-refractivity contribution in [3.63, 3.8) is 0 Å². The molecule has 0 radical (unpaired) electrons. The third-order valence-electron chi connectivity index (χ3n) is 5.22. The maximum absolute atomic E-state index is 13.0. The number of rotatable bonds is 4. The summed E-state index contributed by atoms with van der Waals surface area (Å²) in [5.74, 6) is 0.0486. The molecule has 1 amide bonds. The Morgan fingerprint density at radius 3 is 2.79 bits per heavy atom. The molecule has 1 N–H and O–H groups in total. The van der Waals surface area contributed by atoms with Crippen molar-refractivity contribution in [1.82, 2.24) is 14.9 Å². The minimum Gasteiger partial charge on any atom is -0.377 e. The number of H-pyrrole nitrogens is 1. The third-order valence-corrected chi connectivity index (χ3v) is 5.22. The van der Waals surface area contributed by atoms with Gasteiger partial charge in [-0.25, -0.2) is 4.98 Å². The summed E-state index contributed by atoms with van der Waals surface area (Å²) in [4.78, 5) is 33.7. The van der Waals surface area contributed by atoms with Gasteiger partial charge in [-0.1, -0.05) is 31.5 Å². The molecule has 0 saturated carbocycles. The zero-order chi connectivity index (χ0) is 19.5. The number of hydrogen-bond acceptors (Lipinski definition) is 4. The molecular formula is C22H23N3O3. The molecule has 1 atom stereocenters. The monoisotopic (exact) mass is 377 g/mol. The normalized spacial score (nSPS) is 17.0. The Morgan fingerprint density at radius 2 is 2.00 bits per heavy atom. The highest BCUT2D eigenvalue weighted by Gasteiger charge is 2.27. The fourth-order valence-electron chi connectivity index (χ4n) is 3.71. The molecule has 1 aliphatic heterocycles. The lowest BCUT2D eigenvalue weighted by atomic mass is 10.0. The van der Waals surface area contributed by atoms with Crippen LogP contribution in [0.4, 0.5) is 0 Å².